The molecule has 0 bridgehead atoms. The molecule has 570 valence electrons. The molecule has 13 saturated carbocycles. The molecule has 0 N–H and O–H groups in total. The SMILES string of the molecule is CC1CCC(C2CCC(C(F)(F)F)CC2)CC1.CC1CCC(C2CCC(C)CC2)CC1.CC1CCC(C2CCC(C)CC2)CC1.CC1CCC(C2CCC(C)CC2)CC1.CC1CCC(OCC2CCC(C3CCC(C)CC3)CC2)CC1.COC1CCC(C2CCC(C)CC2)CC1.[Xe]. The van der Waals surface area contributed by atoms with E-state index in [1.807, 2.05) is 7.11 Å². The number of alkyl halides is 3. The van der Waals surface area contributed by atoms with E-state index in [0.29, 0.717) is 31.0 Å². The summed E-state index contributed by atoms with van der Waals surface area (Å²) >= 11 is 0. The van der Waals surface area contributed by atoms with E-state index >= 15 is 0 Å². The van der Waals surface area contributed by atoms with Crippen molar-refractivity contribution in [2.45, 2.75) is 422 Å². The number of halogens is 3. The molecule has 0 saturated heterocycles. The van der Waals surface area contributed by atoms with Crippen molar-refractivity contribution in [3.8, 4) is 0 Å². The van der Waals surface area contributed by atoms with Gasteiger partial charge in [0, 0.05) is 62.6 Å². The molecule has 0 aromatic carbocycles. The van der Waals surface area contributed by atoms with Crippen LogP contribution in [0.1, 0.15) is 403 Å². The molecule has 0 radical (unpaired) electrons. The summed E-state index contributed by atoms with van der Waals surface area (Å²) in [6.07, 6.45) is 70.0. The molecule has 2 nitrogen and oxygen atoms in total. The van der Waals surface area contributed by atoms with Gasteiger partial charge in [0.05, 0.1) is 18.1 Å². The van der Waals surface area contributed by atoms with Crippen LogP contribution in [0.3, 0.4) is 0 Å². The largest absolute Gasteiger partial charge is 0.391 e. The standard InChI is InChI=1S/C21H38O.C14H23F3.C14H26O.3C14H26.Xe/c1-16-3-9-19(10-4-16)20-11-7-18(8-12-20)15-22-21-13-5-17(2)6-14-21;1-10-2-4-11(5-3-10)12-6-8-13(9-7-12)14(15,16)17;1-11-3-5-12(6-4-11)13-7-9-14(15-2)10-8-13;3*1-11-3-7-13(8-4-11)14-9-5-12(2)6-10-14;/h16-21H,3-15H2,1-2H3;10-13H,2-9H2,1H3;11-14H,3-10H2,1-2H3;3*11-14H,3-10H2,1-2H3;. The number of ether oxygens (including phenoxy) is 2. The quantitative estimate of drug-likeness (QED) is 0.217. The van der Waals surface area contributed by atoms with Crippen molar-refractivity contribution in [3.63, 3.8) is 0 Å². The maximum atomic E-state index is 12.6. The first-order valence-corrected chi connectivity index (χ1v) is 44.4. The summed E-state index contributed by atoms with van der Waals surface area (Å²) in [5, 5.41) is 0. The molecule has 13 rings (SSSR count). The maximum Gasteiger partial charge on any atom is 0.391 e. The van der Waals surface area contributed by atoms with E-state index in [2.05, 4.69) is 69.2 Å². The average molecular weight is 1480 g/mol. The molecule has 13 fully saturated rings. The Hall–Kier alpha value is 1.28. The zero-order chi connectivity index (χ0) is 68.4. The predicted octanol–water partition coefficient (Wildman–Crippen LogP) is 29.3. The van der Waals surface area contributed by atoms with Crippen LogP contribution in [0.15, 0.2) is 0 Å². The van der Waals surface area contributed by atoms with Gasteiger partial charge >= 0.3 is 6.18 Å². The third-order valence-corrected chi connectivity index (χ3v) is 31.3. The molecular weight excluding hydrogens is 1310 g/mol. The van der Waals surface area contributed by atoms with Crippen LogP contribution in [0.4, 0.5) is 13.2 Å². The van der Waals surface area contributed by atoms with Crippen LogP contribution in [-0.4, -0.2) is 32.1 Å². The Balaban J connectivity index is 0.000000165. The van der Waals surface area contributed by atoms with E-state index in [1.165, 1.54) is 231 Å². The van der Waals surface area contributed by atoms with E-state index in [-0.39, 0.29) is 48.9 Å². The summed E-state index contributed by atoms with van der Waals surface area (Å²) in [6.45, 7) is 25.2. The molecule has 0 heterocycles. The Morgan fingerprint density at radius 2 is 0.371 bits per heavy atom. The molecule has 6 heteroatoms. The third kappa shape index (κ3) is 31.2. The number of hydrogen-bond acceptors (Lipinski definition) is 2. The zero-order valence-electron chi connectivity index (χ0n) is 66.3. The van der Waals surface area contributed by atoms with Crippen LogP contribution in [-0.2, 0) is 9.47 Å². The van der Waals surface area contributed by atoms with Gasteiger partial charge in [-0.3, -0.25) is 0 Å². The van der Waals surface area contributed by atoms with Crippen LogP contribution < -0.4 is 0 Å². The van der Waals surface area contributed by atoms with E-state index in [0.717, 1.165) is 150 Å². The molecular formula is C91H165F3O2Xe. The van der Waals surface area contributed by atoms with Crippen molar-refractivity contribution in [1.29, 1.82) is 0 Å². The second-order valence-corrected chi connectivity index (χ2v) is 39.1. The minimum absolute atomic E-state index is 0. The van der Waals surface area contributed by atoms with Gasteiger partial charge in [0.15, 0.2) is 0 Å². The van der Waals surface area contributed by atoms with Gasteiger partial charge in [-0.2, -0.15) is 13.2 Å². The molecule has 0 unspecified atom stereocenters. The topological polar surface area (TPSA) is 18.5 Å². The summed E-state index contributed by atoms with van der Waals surface area (Å²) < 4.78 is 49.4. The van der Waals surface area contributed by atoms with E-state index in [4.69, 9.17) is 9.47 Å². The van der Waals surface area contributed by atoms with Crippen LogP contribution in [0.2, 0.25) is 0 Å². The minimum Gasteiger partial charge on any atom is -0.381 e. The van der Waals surface area contributed by atoms with E-state index in [9.17, 15) is 13.2 Å². The summed E-state index contributed by atoms with van der Waals surface area (Å²) in [7, 11) is 1.87. The summed E-state index contributed by atoms with van der Waals surface area (Å²) in [5.41, 5.74) is 0. The smallest absolute Gasteiger partial charge is 0.381 e. The first-order chi connectivity index (χ1) is 46.2. The number of hydrogen-bond donors (Lipinski definition) is 0. The summed E-state index contributed by atoms with van der Waals surface area (Å²) in [4.78, 5) is 0. The van der Waals surface area contributed by atoms with Crippen molar-refractivity contribution in [1.82, 2.24) is 0 Å². The van der Waals surface area contributed by atoms with Crippen LogP contribution in [0.5, 0.6) is 0 Å². The van der Waals surface area contributed by atoms with Gasteiger partial charge in [-0.1, -0.05) is 185 Å². The zero-order valence-corrected chi connectivity index (χ0v) is 68.3. The first kappa shape index (κ1) is 85.5. The Bertz CT molecular complexity index is 1750. The van der Waals surface area contributed by atoms with Gasteiger partial charge in [0.2, 0.25) is 0 Å². The molecule has 13 aliphatic carbocycles. The Kier molecular flexibility index (Phi) is 40.4. The third-order valence-electron chi connectivity index (χ3n) is 31.3. The number of methoxy groups -OCH3 is 1. The van der Waals surface area contributed by atoms with Crippen molar-refractivity contribution in [2.75, 3.05) is 13.7 Å². The molecule has 0 aromatic heterocycles. The van der Waals surface area contributed by atoms with Gasteiger partial charge < -0.3 is 9.47 Å². The van der Waals surface area contributed by atoms with Crippen molar-refractivity contribution < 1.29 is 71.5 Å². The summed E-state index contributed by atoms with van der Waals surface area (Å²) in [5.74, 6) is 21.9. The second kappa shape index (κ2) is 45.8. The van der Waals surface area contributed by atoms with Gasteiger partial charge in [0.1, 0.15) is 0 Å². The van der Waals surface area contributed by atoms with Crippen LogP contribution in [0, 0.1) is 191 Å². The van der Waals surface area contributed by atoms with Gasteiger partial charge in [-0.15, -0.1) is 0 Å². The maximum absolute atomic E-state index is 12.6. The van der Waals surface area contributed by atoms with Crippen molar-refractivity contribution in [3.05, 3.63) is 0 Å². The Morgan fingerprint density at radius 1 is 0.216 bits per heavy atom. The molecule has 0 amide bonds. The molecule has 13 aliphatic rings. The fraction of sp³-hybridized carbons (Fsp3) is 1.00. The van der Waals surface area contributed by atoms with Crippen LogP contribution in [0.25, 0.3) is 0 Å². The molecule has 0 spiro atoms. The van der Waals surface area contributed by atoms with Gasteiger partial charge in [-0.25, -0.2) is 0 Å². The summed E-state index contributed by atoms with van der Waals surface area (Å²) in [6, 6.07) is 0. The fourth-order valence-corrected chi connectivity index (χ4v) is 23.0. The minimum atomic E-state index is -3.95. The van der Waals surface area contributed by atoms with Crippen molar-refractivity contribution >= 4 is 0 Å². The van der Waals surface area contributed by atoms with Gasteiger partial charge in [-0.05, 0) is 354 Å². The molecule has 0 aromatic rings. The average Bonchev–Trinajstić information content (AvgIpc) is 1.31. The second-order valence-electron chi connectivity index (χ2n) is 39.1. The molecule has 0 atom stereocenters. The fourth-order valence-electron chi connectivity index (χ4n) is 23.0. The van der Waals surface area contributed by atoms with Crippen LogP contribution >= 0.6 is 0 Å². The van der Waals surface area contributed by atoms with Gasteiger partial charge in [0.25, 0.3) is 0 Å². The first-order valence-electron chi connectivity index (χ1n) is 44.4. The van der Waals surface area contributed by atoms with E-state index in [1.54, 1.807) is 77.0 Å². The number of rotatable bonds is 10. The van der Waals surface area contributed by atoms with E-state index < -0.39 is 12.1 Å². The monoisotopic (exact) mass is 1480 g/mol. The van der Waals surface area contributed by atoms with Crippen molar-refractivity contribution in [2.24, 2.45) is 142 Å². The molecule has 0 aliphatic heterocycles. The Morgan fingerprint density at radius 3 is 0.557 bits per heavy atom. The Labute approximate surface area is 643 Å². The molecule has 97 heavy (non-hydrogen) atoms. The normalized spacial score (nSPS) is 43.1. The predicted molar refractivity (Wildman–Crippen MR) is 407 cm³/mol.